The Balaban J connectivity index is 2.70. The summed E-state index contributed by atoms with van der Waals surface area (Å²) in [7, 11) is -3.26. The van der Waals surface area contributed by atoms with Gasteiger partial charge in [0, 0.05) is 0 Å². The zero-order valence-corrected chi connectivity index (χ0v) is 8.29. The molecule has 0 saturated heterocycles. The van der Waals surface area contributed by atoms with E-state index in [0.29, 0.717) is 12.1 Å². The second-order valence-corrected chi connectivity index (χ2v) is 4.47. The highest BCUT2D eigenvalue weighted by Gasteiger charge is 2.10. The summed E-state index contributed by atoms with van der Waals surface area (Å²) in [5.74, 6) is 0.113. The van der Waals surface area contributed by atoms with Crippen molar-refractivity contribution >= 4 is 15.7 Å². The van der Waals surface area contributed by atoms with Gasteiger partial charge in [-0.2, -0.15) is 4.72 Å². The van der Waals surface area contributed by atoms with Gasteiger partial charge < -0.3 is 0 Å². The molecule has 0 spiro atoms. The largest absolute Gasteiger partial charge is 0.253 e. The topological polar surface area (TPSA) is 48.2 Å². The summed E-state index contributed by atoms with van der Waals surface area (Å²) < 4.78 is 26.1. The van der Waals surface area contributed by atoms with E-state index in [0.717, 1.165) is 0 Å². The standard InChI is InChI=1S/C9H12NO2S/c1-2-8-13(11,12)10-9-6-4-3-5-7-9/h3-7H,2,8H2,1H3. The summed E-state index contributed by atoms with van der Waals surface area (Å²) in [6.07, 6.45) is 0.596. The van der Waals surface area contributed by atoms with Crippen molar-refractivity contribution in [3.8, 4) is 0 Å². The van der Waals surface area contributed by atoms with E-state index in [1.807, 2.05) is 13.0 Å². The molecule has 0 aliphatic rings. The summed E-state index contributed by atoms with van der Waals surface area (Å²) >= 11 is 0. The van der Waals surface area contributed by atoms with E-state index in [1.165, 1.54) is 0 Å². The minimum atomic E-state index is -3.26. The Morgan fingerprint density at radius 2 is 1.85 bits per heavy atom. The van der Waals surface area contributed by atoms with Crippen molar-refractivity contribution in [3.05, 3.63) is 30.3 Å². The molecule has 0 aliphatic carbocycles. The molecule has 13 heavy (non-hydrogen) atoms. The molecule has 1 aromatic carbocycles. The lowest BCUT2D eigenvalue weighted by Gasteiger charge is -2.01. The Bertz CT molecular complexity index is 345. The smallest absolute Gasteiger partial charge is 0.205 e. The van der Waals surface area contributed by atoms with Crippen LogP contribution < -0.4 is 4.72 Å². The highest BCUT2D eigenvalue weighted by atomic mass is 32.2. The molecule has 1 rings (SSSR count). The predicted octanol–water partition coefficient (Wildman–Crippen LogP) is 1.66. The summed E-state index contributed by atoms with van der Waals surface area (Å²) in [4.78, 5) is 0. The minimum absolute atomic E-state index is 0.113. The van der Waals surface area contributed by atoms with Crippen LogP contribution in [-0.2, 0) is 10.0 Å². The van der Waals surface area contributed by atoms with E-state index in [2.05, 4.69) is 4.72 Å². The Kier molecular flexibility index (Phi) is 3.31. The third-order valence-corrected chi connectivity index (χ3v) is 2.88. The Hall–Kier alpha value is -1.03. The molecule has 71 valence electrons. The third-order valence-electron chi connectivity index (χ3n) is 1.46. The van der Waals surface area contributed by atoms with Gasteiger partial charge >= 0.3 is 0 Å². The van der Waals surface area contributed by atoms with Gasteiger partial charge in [0.05, 0.1) is 11.4 Å². The molecule has 0 saturated carbocycles. The zero-order chi connectivity index (χ0) is 9.73. The van der Waals surface area contributed by atoms with E-state index in [4.69, 9.17) is 0 Å². The number of rotatable bonds is 4. The molecule has 0 fully saturated rings. The minimum Gasteiger partial charge on any atom is -0.205 e. The van der Waals surface area contributed by atoms with E-state index in [1.54, 1.807) is 24.3 Å². The summed E-state index contributed by atoms with van der Waals surface area (Å²) in [5, 5.41) is 0. The highest BCUT2D eigenvalue weighted by Crippen LogP contribution is 2.08. The number of benzene rings is 1. The lowest BCUT2D eigenvalue weighted by Crippen LogP contribution is -2.14. The Labute approximate surface area is 78.8 Å². The molecule has 0 aliphatic heterocycles. The third kappa shape index (κ3) is 3.46. The Morgan fingerprint density at radius 3 is 2.38 bits per heavy atom. The molecule has 0 N–H and O–H groups in total. The average Bonchev–Trinajstić information content (AvgIpc) is 2.04. The van der Waals surface area contributed by atoms with Gasteiger partial charge in [-0.05, 0) is 18.6 Å². The monoisotopic (exact) mass is 198 g/mol. The van der Waals surface area contributed by atoms with Crippen LogP contribution in [0, 0.1) is 0 Å². The van der Waals surface area contributed by atoms with Crippen molar-refractivity contribution in [2.75, 3.05) is 5.75 Å². The van der Waals surface area contributed by atoms with Crippen LogP contribution in [0.25, 0.3) is 0 Å². The van der Waals surface area contributed by atoms with Crippen LogP contribution in [0.1, 0.15) is 13.3 Å². The molecule has 0 aromatic heterocycles. The van der Waals surface area contributed by atoms with Gasteiger partial charge in [-0.1, -0.05) is 25.1 Å². The fourth-order valence-corrected chi connectivity index (χ4v) is 2.00. The predicted molar refractivity (Wildman–Crippen MR) is 52.3 cm³/mol. The van der Waals surface area contributed by atoms with Crippen LogP contribution in [0.2, 0.25) is 0 Å². The molecule has 0 amide bonds. The van der Waals surface area contributed by atoms with Gasteiger partial charge in [0.2, 0.25) is 0 Å². The van der Waals surface area contributed by atoms with Gasteiger partial charge in [-0.25, -0.2) is 8.42 Å². The molecule has 1 aromatic rings. The normalized spacial score (nSPS) is 11.2. The summed E-state index contributed by atoms with van der Waals surface area (Å²) in [6, 6.07) is 8.70. The van der Waals surface area contributed by atoms with Gasteiger partial charge in [-0.3, -0.25) is 0 Å². The molecule has 0 heterocycles. The van der Waals surface area contributed by atoms with Crippen LogP contribution >= 0.6 is 0 Å². The van der Waals surface area contributed by atoms with E-state index in [-0.39, 0.29) is 5.75 Å². The lowest BCUT2D eigenvalue weighted by molar-refractivity contribution is 0.589. The first-order valence-electron chi connectivity index (χ1n) is 4.15. The van der Waals surface area contributed by atoms with Gasteiger partial charge in [0.25, 0.3) is 10.0 Å². The van der Waals surface area contributed by atoms with Crippen molar-refractivity contribution in [2.24, 2.45) is 0 Å². The van der Waals surface area contributed by atoms with Crippen molar-refractivity contribution in [2.45, 2.75) is 13.3 Å². The second-order valence-electron chi connectivity index (χ2n) is 2.71. The fourth-order valence-electron chi connectivity index (χ4n) is 0.953. The van der Waals surface area contributed by atoms with Crippen molar-refractivity contribution < 1.29 is 8.42 Å². The first-order chi connectivity index (χ1) is 6.14. The first-order valence-corrected chi connectivity index (χ1v) is 5.76. The van der Waals surface area contributed by atoms with Crippen LogP contribution in [-0.4, -0.2) is 14.2 Å². The molecular formula is C9H12NO2S. The fraction of sp³-hybridized carbons (Fsp3) is 0.333. The molecule has 0 unspecified atom stereocenters. The SMILES string of the molecule is CCCS(=O)(=O)[N]c1ccccc1. The van der Waals surface area contributed by atoms with E-state index < -0.39 is 10.0 Å². The van der Waals surface area contributed by atoms with Gasteiger partial charge in [0.1, 0.15) is 0 Å². The average molecular weight is 198 g/mol. The van der Waals surface area contributed by atoms with Crippen molar-refractivity contribution in [3.63, 3.8) is 0 Å². The molecule has 0 bridgehead atoms. The second kappa shape index (κ2) is 4.28. The van der Waals surface area contributed by atoms with E-state index in [9.17, 15) is 8.42 Å². The Morgan fingerprint density at radius 1 is 1.23 bits per heavy atom. The first kappa shape index (κ1) is 10.1. The maximum atomic E-state index is 11.2. The molecular weight excluding hydrogens is 186 g/mol. The summed E-state index contributed by atoms with van der Waals surface area (Å²) in [5.41, 5.74) is 0.496. The quantitative estimate of drug-likeness (QED) is 0.738. The zero-order valence-electron chi connectivity index (χ0n) is 7.47. The molecule has 4 heteroatoms. The number of hydrogen-bond donors (Lipinski definition) is 0. The molecule has 3 nitrogen and oxygen atoms in total. The van der Waals surface area contributed by atoms with Crippen molar-refractivity contribution in [1.29, 1.82) is 0 Å². The van der Waals surface area contributed by atoms with Crippen LogP contribution in [0.3, 0.4) is 0 Å². The maximum Gasteiger partial charge on any atom is 0.253 e. The number of hydrogen-bond acceptors (Lipinski definition) is 2. The maximum absolute atomic E-state index is 11.2. The van der Waals surface area contributed by atoms with Crippen LogP contribution in [0.15, 0.2) is 30.3 Å². The van der Waals surface area contributed by atoms with Crippen molar-refractivity contribution in [1.82, 2.24) is 4.72 Å². The summed E-state index contributed by atoms with van der Waals surface area (Å²) in [6.45, 7) is 1.82. The van der Waals surface area contributed by atoms with Crippen LogP contribution in [0.5, 0.6) is 0 Å². The number of nitrogens with zero attached hydrogens (tertiary/aromatic N) is 1. The molecule has 1 radical (unpaired) electrons. The lowest BCUT2D eigenvalue weighted by atomic mass is 10.3. The molecule has 0 atom stereocenters. The van der Waals surface area contributed by atoms with Gasteiger partial charge in [-0.15, -0.1) is 0 Å². The van der Waals surface area contributed by atoms with Gasteiger partial charge in [0.15, 0.2) is 0 Å². The van der Waals surface area contributed by atoms with E-state index >= 15 is 0 Å². The highest BCUT2D eigenvalue weighted by molar-refractivity contribution is 7.89. The van der Waals surface area contributed by atoms with Crippen LogP contribution in [0.4, 0.5) is 5.69 Å². The number of sulfonamides is 1.